The van der Waals surface area contributed by atoms with Gasteiger partial charge in [-0.2, -0.15) is 0 Å². The zero-order valence-corrected chi connectivity index (χ0v) is 17.0. The van der Waals surface area contributed by atoms with Gasteiger partial charge in [-0.1, -0.05) is 19.3 Å². The molecule has 1 N–H and O–H groups in total. The van der Waals surface area contributed by atoms with Crippen molar-refractivity contribution in [2.75, 3.05) is 18.4 Å². The van der Waals surface area contributed by atoms with Crippen molar-refractivity contribution < 1.29 is 19.1 Å². The van der Waals surface area contributed by atoms with Gasteiger partial charge in [0.05, 0.1) is 12.3 Å². The van der Waals surface area contributed by atoms with Crippen LogP contribution in [0.15, 0.2) is 24.3 Å². The van der Waals surface area contributed by atoms with Crippen molar-refractivity contribution in [2.45, 2.75) is 69.8 Å². The summed E-state index contributed by atoms with van der Waals surface area (Å²) >= 11 is 0. The van der Waals surface area contributed by atoms with Gasteiger partial charge in [-0.05, 0) is 62.8 Å². The van der Waals surface area contributed by atoms with E-state index in [2.05, 4.69) is 5.32 Å². The molecule has 1 aromatic carbocycles. The minimum atomic E-state index is -0.623. The summed E-state index contributed by atoms with van der Waals surface area (Å²) in [6, 6.07) is 7.09. The van der Waals surface area contributed by atoms with Crippen LogP contribution >= 0.6 is 0 Å². The molecule has 2 heterocycles. The third kappa shape index (κ3) is 4.31. The number of likely N-dealkylation sites (tertiary alicyclic amines) is 1. The Morgan fingerprint density at radius 3 is 2.21 bits per heavy atom. The minimum absolute atomic E-state index is 0.0562. The first-order valence-corrected chi connectivity index (χ1v) is 11.0. The summed E-state index contributed by atoms with van der Waals surface area (Å²) in [5.41, 5.74) is 0.669. The summed E-state index contributed by atoms with van der Waals surface area (Å²) < 4.78 is 5.64. The van der Waals surface area contributed by atoms with Crippen molar-refractivity contribution in [3.8, 4) is 0 Å². The maximum Gasteiger partial charge on any atom is 0.307 e. The van der Waals surface area contributed by atoms with E-state index >= 15 is 0 Å². The van der Waals surface area contributed by atoms with Gasteiger partial charge >= 0.3 is 5.97 Å². The quantitative estimate of drug-likeness (QED) is 0.784. The lowest BCUT2D eigenvalue weighted by Crippen LogP contribution is -2.43. The molecule has 1 aromatic rings. The van der Waals surface area contributed by atoms with Crippen LogP contribution in [0.3, 0.4) is 0 Å². The Bertz CT molecular complexity index is 760. The standard InChI is InChI=1S/C23H30N2O4/c26-20-16-19(23(29-20)12-4-3-5-13-23)21(27)24-18-10-8-17(9-11-18)22(28)25-14-6-1-2-7-15-25/h8-11,19H,1-7,12-16H2,(H,24,27)/t19-/m0/s1. The molecule has 0 radical (unpaired) electrons. The van der Waals surface area contributed by atoms with E-state index in [1.54, 1.807) is 24.3 Å². The lowest BCUT2D eigenvalue weighted by molar-refractivity contribution is -0.153. The highest BCUT2D eigenvalue weighted by atomic mass is 16.6. The number of benzene rings is 1. The number of anilines is 1. The molecule has 1 saturated carbocycles. The Hall–Kier alpha value is -2.37. The molecular formula is C23H30N2O4. The first-order valence-electron chi connectivity index (χ1n) is 11.0. The average molecular weight is 399 g/mol. The number of hydrogen-bond donors (Lipinski definition) is 1. The molecule has 0 aromatic heterocycles. The van der Waals surface area contributed by atoms with E-state index in [1.807, 2.05) is 4.90 Å². The van der Waals surface area contributed by atoms with Crippen LogP contribution in [0.5, 0.6) is 0 Å². The molecule has 3 aliphatic rings. The van der Waals surface area contributed by atoms with Crippen molar-refractivity contribution in [1.29, 1.82) is 0 Å². The molecule has 0 bridgehead atoms. The van der Waals surface area contributed by atoms with Crippen molar-refractivity contribution in [1.82, 2.24) is 4.90 Å². The number of amides is 2. The van der Waals surface area contributed by atoms with Gasteiger partial charge in [0.15, 0.2) is 0 Å². The molecular weight excluding hydrogens is 368 g/mol. The van der Waals surface area contributed by atoms with Crippen LogP contribution in [-0.4, -0.2) is 41.4 Å². The van der Waals surface area contributed by atoms with Gasteiger partial charge in [-0.15, -0.1) is 0 Å². The molecule has 6 nitrogen and oxygen atoms in total. The van der Waals surface area contributed by atoms with E-state index in [-0.39, 0.29) is 24.2 Å². The van der Waals surface area contributed by atoms with Crippen LogP contribution in [0, 0.1) is 5.92 Å². The average Bonchev–Trinajstić information content (AvgIpc) is 2.90. The Morgan fingerprint density at radius 2 is 1.55 bits per heavy atom. The molecule has 4 rings (SSSR count). The van der Waals surface area contributed by atoms with Gasteiger partial charge in [0.2, 0.25) is 5.91 Å². The molecule has 1 aliphatic carbocycles. The van der Waals surface area contributed by atoms with Crippen LogP contribution in [0.4, 0.5) is 5.69 Å². The van der Waals surface area contributed by atoms with E-state index in [4.69, 9.17) is 4.74 Å². The molecule has 3 fully saturated rings. The number of esters is 1. The van der Waals surface area contributed by atoms with Crippen LogP contribution < -0.4 is 5.32 Å². The van der Waals surface area contributed by atoms with Gasteiger partial charge < -0.3 is 15.0 Å². The summed E-state index contributed by atoms with van der Waals surface area (Å²) in [5.74, 6) is -0.816. The zero-order chi connectivity index (χ0) is 20.3. The molecule has 1 spiro atoms. The largest absolute Gasteiger partial charge is 0.458 e. The Kier molecular flexibility index (Phi) is 5.88. The van der Waals surface area contributed by atoms with E-state index < -0.39 is 11.5 Å². The fourth-order valence-corrected chi connectivity index (χ4v) is 5.01. The molecule has 2 amide bonds. The summed E-state index contributed by atoms with van der Waals surface area (Å²) in [4.78, 5) is 39.5. The highest BCUT2D eigenvalue weighted by Gasteiger charge is 2.52. The predicted octanol–water partition coefficient (Wildman–Crippen LogP) is 3.91. The number of carbonyl (C=O) groups excluding carboxylic acids is 3. The molecule has 2 aliphatic heterocycles. The molecule has 1 atom stereocenters. The molecule has 0 unspecified atom stereocenters. The fourth-order valence-electron chi connectivity index (χ4n) is 5.01. The predicted molar refractivity (Wildman–Crippen MR) is 109 cm³/mol. The highest BCUT2D eigenvalue weighted by molar-refractivity contribution is 5.98. The second-order valence-corrected chi connectivity index (χ2v) is 8.63. The number of carbonyl (C=O) groups is 3. The van der Waals surface area contributed by atoms with Crippen molar-refractivity contribution in [2.24, 2.45) is 5.92 Å². The second-order valence-electron chi connectivity index (χ2n) is 8.63. The van der Waals surface area contributed by atoms with Crippen molar-refractivity contribution in [3.63, 3.8) is 0 Å². The number of ether oxygens (including phenoxy) is 1. The lowest BCUT2D eigenvalue weighted by atomic mass is 9.75. The monoisotopic (exact) mass is 398 g/mol. The second kappa shape index (κ2) is 8.56. The normalized spacial score (nSPS) is 24.1. The zero-order valence-electron chi connectivity index (χ0n) is 17.0. The highest BCUT2D eigenvalue weighted by Crippen LogP contribution is 2.44. The Labute approximate surface area is 172 Å². The third-order valence-electron chi connectivity index (χ3n) is 6.63. The molecule has 6 heteroatoms. The van der Waals surface area contributed by atoms with Gasteiger partial charge in [0.1, 0.15) is 5.60 Å². The summed E-state index contributed by atoms with van der Waals surface area (Å²) in [5, 5.41) is 2.94. The number of nitrogens with zero attached hydrogens (tertiary/aromatic N) is 1. The lowest BCUT2D eigenvalue weighted by Gasteiger charge is -2.36. The molecule has 29 heavy (non-hydrogen) atoms. The first-order chi connectivity index (χ1) is 14.1. The fraction of sp³-hybridized carbons (Fsp3) is 0.609. The van der Waals surface area contributed by atoms with E-state index in [0.29, 0.717) is 11.3 Å². The molecule has 2 saturated heterocycles. The van der Waals surface area contributed by atoms with E-state index in [0.717, 1.165) is 58.0 Å². The topological polar surface area (TPSA) is 75.7 Å². The van der Waals surface area contributed by atoms with Crippen molar-refractivity contribution in [3.05, 3.63) is 29.8 Å². The van der Waals surface area contributed by atoms with Gasteiger partial charge in [0, 0.05) is 24.3 Å². The SMILES string of the molecule is O=C1C[C@@H](C(=O)Nc2ccc(C(=O)N3CCCCCC3)cc2)C2(CCCCC2)O1. The van der Waals surface area contributed by atoms with Crippen LogP contribution in [-0.2, 0) is 14.3 Å². The summed E-state index contributed by atoms with van der Waals surface area (Å²) in [6.07, 6.45) is 9.27. The molecule has 156 valence electrons. The number of rotatable bonds is 3. The smallest absolute Gasteiger partial charge is 0.307 e. The van der Waals surface area contributed by atoms with Gasteiger partial charge in [-0.3, -0.25) is 14.4 Å². The number of hydrogen-bond acceptors (Lipinski definition) is 4. The van der Waals surface area contributed by atoms with Crippen LogP contribution in [0.25, 0.3) is 0 Å². The van der Waals surface area contributed by atoms with Gasteiger partial charge in [0.25, 0.3) is 5.91 Å². The Balaban J connectivity index is 1.41. The third-order valence-corrected chi connectivity index (χ3v) is 6.63. The maximum atomic E-state index is 12.9. The Morgan fingerprint density at radius 1 is 0.931 bits per heavy atom. The van der Waals surface area contributed by atoms with Gasteiger partial charge in [-0.25, -0.2) is 0 Å². The maximum absolute atomic E-state index is 12.9. The summed E-state index contributed by atoms with van der Waals surface area (Å²) in [6.45, 7) is 1.63. The first kappa shape index (κ1) is 19.9. The van der Waals surface area contributed by atoms with Crippen LogP contribution in [0.1, 0.15) is 74.6 Å². The van der Waals surface area contributed by atoms with Crippen LogP contribution in [0.2, 0.25) is 0 Å². The number of nitrogens with one attached hydrogen (secondary N) is 1. The van der Waals surface area contributed by atoms with Crippen molar-refractivity contribution >= 4 is 23.5 Å². The van der Waals surface area contributed by atoms with E-state index in [9.17, 15) is 14.4 Å². The summed E-state index contributed by atoms with van der Waals surface area (Å²) in [7, 11) is 0. The minimum Gasteiger partial charge on any atom is -0.458 e. The van der Waals surface area contributed by atoms with E-state index in [1.165, 1.54) is 12.8 Å².